The number of carbonyl (C=O) groups excluding carboxylic acids is 2. The predicted molar refractivity (Wildman–Crippen MR) is 57.2 cm³/mol. The highest BCUT2D eigenvalue weighted by molar-refractivity contribution is 5.93. The van der Waals surface area contributed by atoms with Gasteiger partial charge in [0.1, 0.15) is 5.78 Å². The maximum Gasteiger partial charge on any atom is 0.337 e. The van der Waals surface area contributed by atoms with Gasteiger partial charge in [0.2, 0.25) is 0 Å². The third-order valence-electron chi connectivity index (χ3n) is 2.51. The van der Waals surface area contributed by atoms with Gasteiger partial charge < -0.3 is 4.74 Å². The molecule has 1 aliphatic carbocycles. The lowest BCUT2D eigenvalue weighted by Gasteiger charge is -2.16. The highest BCUT2D eigenvalue weighted by atomic mass is 16.5. The van der Waals surface area contributed by atoms with Crippen molar-refractivity contribution in [1.29, 1.82) is 0 Å². The number of ether oxygens (including phenoxy) is 1. The molecule has 15 heavy (non-hydrogen) atoms. The minimum absolute atomic E-state index is 0.0366. The van der Waals surface area contributed by atoms with E-state index in [1.807, 2.05) is 0 Å². The summed E-state index contributed by atoms with van der Waals surface area (Å²) >= 11 is 0. The Labute approximate surface area is 89.1 Å². The Bertz CT molecular complexity index is 374. The first kappa shape index (κ1) is 11.4. The number of carbonyl (C=O) groups is 2. The van der Waals surface area contributed by atoms with Gasteiger partial charge in [-0.15, -0.1) is 0 Å². The summed E-state index contributed by atoms with van der Waals surface area (Å²) < 4.78 is 4.60. The largest absolute Gasteiger partial charge is 0.465 e. The van der Waals surface area contributed by atoms with Gasteiger partial charge in [-0.3, -0.25) is 4.79 Å². The number of Topliss-reactive ketones (excluding diaryl/α,β-unsaturated/α-hetero) is 1. The molecule has 0 N–H and O–H groups in total. The summed E-state index contributed by atoms with van der Waals surface area (Å²) in [4.78, 5) is 22.6. The van der Waals surface area contributed by atoms with Crippen LogP contribution in [0, 0.1) is 5.41 Å². The number of ketones is 1. The molecule has 1 aliphatic rings. The summed E-state index contributed by atoms with van der Waals surface area (Å²) in [5.41, 5.74) is -0.189. The van der Waals surface area contributed by atoms with Crippen molar-refractivity contribution in [3.05, 3.63) is 36.0 Å². The summed E-state index contributed by atoms with van der Waals surface area (Å²) in [5.74, 6) is -0.363. The highest BCUT2D eigenvalue weighted by Gasteiger charge is 2.24. The lowest BCUT2D eigenvalue weighted by Crippen LogP contribution is -2.19. The molecule has 0 aromatic carbocycles. The van der Waals surface area contributed by atoms with Crippen LogP contribution in [0.15, 0.2) is 36.0 Å². The van der Waals surface area contributed by atoms with Gasteiger partial charge in [0.05, 0.1) is 18.1 Å². The first-order valence-corrected chi connectivity index (χ1v) is 4.68. The number of esters is 1. The zero-order valence-electron chi connectivity index (χ0n) is 9.11. The maximum absolute atomic E-state index is 11.4. The predicted octanol–water partition coefficient (Wildman–Crippen LogP) is 1.81. The van der Waals surface area contributed by atoms with Gasteiger partial charge in [-0.25, -0.2) is 4.79 Å². The number of hydrogen-bond donors (Lipinski definition) is 0. The van der Waals surface area contributed by atoms with E-state index in [4.69, 9.17) is 0 Å². The van der Waals surface area contributed by atoms with E-state index in [9.17, 15) is 9.59 Å². The molecule has 80 valence electrons. The van der Waals surface area contributed by atoms with E-state index in [1.165, 1.54) is 14.0 Å². The SMILES string of the molecule is COC(=O)C1=CC=CC(C)(C(C)=O)C=C1. The second-order valence-electron chi connectivity index (χ2n) is 3.64. The Hall–Kier alpha value is -1.64. The first-order chi connectivity index (χ1) is 6.99. The summed E-state index contributed by atoms with van der Waals surface area (Å²) in [6, 6.07) is 0. The van der Waals surface area contributed by atoms with E-state index in [2.05, 4.69) is 4.74 Å². The number of methoxy groups -OCH3 is 1. The molecule has 0 spiro atoms. The Morgan fingerprint density at radius 1 is 1.33 bits per heavy atom. The van der Waals surface area contributed by atoms with Crippen LogP contribution in [0.1, 0.15) is 13.8 Å². The third-order valence-corrected chi connectivity index (χ3v) is 2.51. The molecule has 0 amide bonds. The van der Waals surface area contributed by atoms with Gasteiger partial charge in [-0.2, -0.15) is 0 Å². The minimum atomic E-state index is -0.633. The van der Waals surface area contributed by atoms with E-state index in [0.717, 1.165) is 0 Å². The van der Waals surface area contributed by atoms with Crippen LogP contribution in [-0.4, -0.2) is 18.9 Å². The van der Waals surface area contributed by atoms with Gasteiger partial charge in [-0.1, -0.05) is 24.3 Å². The highest BCUT2D eigenvalue weighted by Crippen LogP contribution is 2.25. The van der Waals surface area contributed by atoms with Crippen molar-refractivity contribution in [3.63, 3.8) is 0 Å². The van der Waals surface area contributed by atoms with E-state index < -0.39 is 11.4 Å². The Morgan fingerprint density at radius 3 is 2.53 bits per heavy atom. The molecule has 3 heteroatoms. The van der Waals surface area contributed by atoms with Crippen LogP contribution in [0.2, 0.25) is 0 Å². The minimum Gasteiger partial charge on any atom is -0.465 e. The van der Waals surface area contributed by atoms with Crippen molar-refractivity contribution in [3.8, 4) is 0 Å². The van der Waals surface area contributed by atoms with Gasteiger partial charge in [0.15, 0.2) is 0 Å². The number of rotatable bonds is 2. The second kappa shape index (κ2) is 4.26. The van der Waals surface area contributed by atoms with Gasteiger partial charge in [0.25, 0.3) is 0 Å². The molecule has 3 nitrogen and oxygen atoms in total. The molecule has 1 rings (SSSR count). The summed E-state index contributed by atoms with van der Waals surface area (Å²) in [6.45, 7) is 3.33. The molecule has 0 radical (unpaired) electrons. The van der Waals surface area contributed by atoms with Crippen LogP contribution in [0.4, 0.5) is 0 Å². The molecule has 1 unspecified atom stereocenters. The fraction of sp³-hybridized carbons (Fsp3) is 0.333. The fourth-order valence-electron chi connectivity index (χ4n) is 1.21. The summed E-state index contributed by atoms with van der Waals surface area (Å²) in [6.07, 6.45) is 8.43. The van der Waals surface area contributed by atoms with Gasteiger partial charge >= 0.3 is 5.97 Å². The molecule has 0 aromatic heterocycles. The van der Waals surface area contributed by atoms with Crippen molar-refractivity contribution in [2.75, 3.05) is 7.11 Å². The van der Waals surface area contributed by atoms with E-state index >= 15 is 0 Å². The Balaban J connectivity index is 2.99. The van der Waals surface area contributed by atoms with Crippen LogP contribution >= 0.6 is 0 Å². The summed E-state index contributed by atoms with van der Waals surface area (Å²) in [7, 11) is 1.33. The van der Waals surface area contributed by atoms with Crippen LogP contribution in [0.25, 0.3) is 0 Å². The Kier molecular flexibility index (Phi) is 3.24. The zero-order chi connectivity index (χ0) is 11.5. The van der Waals surface area contributed by atoms with Crippen molar-refractivity contribution in [2.24, 2.45) is 5.41 Å². The summed E-state index contributed by atoms with van der Waals surface area (Å²) in [5, 5.41) is 0. The molecule has 0 fully saturated rings. The van der Waals surface area contributed by atoms with Crippen LogP contribution in [0.3, 0.4) is 0 Å². The lowest BCUT2D eigenvalue weighted by atomic mass is 9.86. The third kappa shape index (κ3) is 2.43. The van der Waals surface area contributed by atoms with Crippen LogP contribution in [0.5, 0.6) is 0 Å². The van der Waals surface area contributed by atoms with Crippen molar-refractivity contribution in [1.82, 2.24) is 0 Å². The lowest BCUT2D eigenvalue weighted by molar-refractivity contribution is -0.135. The van der Waals surface area contributed by atoms with Gasteiger partial charge in [-0.05, 0) is 19.9 Å². The molecule has 0 heterocycles. The molecule has 0 bridgehead atoms. The van der Waals surface area contributed by atoms with Crippen molar-refractivity contribution in [2.45, 2.75) is 13.8 Å². The molecule has 0 aliphatic heterocycles. The van der Waals surface area contributed by atoms with E-state index in [-0.39, 0.29) is 5.78 Å². The molecule has 0 saturated heterocycles. The van der Waals surface area contributed by atoms with Crippen LogP contribution < -0.4 is 0 Å². The average Bonchev–Trinajstić information content (AvgIpc) is 2.40. The van der Waals surface area contributed by atoms with Crippen molar-refractivity contribution < 1.29 is 14.3 Å². The smallest absolute Gasteiger partial charge is 0.337 e. The standard InChI is InChI=1S/C12H14O3/c1-9(13)12(2)7-4-5-10(6-8-12)11(14)15-3/h4-8H,1-3H3. The number of allylic oxidation sites excluding steroid dienone is 4. The second-order valence-corrected chi connectivity index (χ2v) is 3.64. The maximum atomic E-state index is 11.4. The monoisotopic (exact) mass is 206 g/mol. The normalized spacial score (nSPS) is 24.3. The van der Waals surface area contributed by atoms with Crippen LogP contribution in [-0.2, 0) is 14.3 Å². The fourth-order valence-corrected chi connectivity index (χ4v) is 1.21. The topological polar surface area (TPSA) is 43.4 Å². The quantitative estimate of drug-likeness (QED) is 0.647. The first-order valence-electron chi connectivity index (χ1n) is 4.68. The van der Waals surface area contributed by atoms with Crippen molar-refractivity contribution >= 4 is 11.8 Å². The number of hydrogen-bond acceptors (Lipinski definition) is 3. The van der Waals surface area contributed by atoms with E-state index in [0.29, 0.717) is 5.57 Å². The molecular formula is C12H14O3. The van der Waals surface area contributed by atoms with E-state index in [1.54, 1.807) is 37.3 Å². The zero-order valence-corrected chi connectivity index (χ0v) is 9.11. The Morgan fingerprint density at radius 2 is 2.00 bits per heavy atom. The van der Waals surface area contributed by atoms with Gasteiger partial charge in [0, 0.05) is 0 Å². The molecule has 0 aromatic rings. The average molecular weight is 206 g/mol. The molecule has 0 saturated carbocycles. The molecule has 1 atom stereocenters. The molecular weight excluding hydrogens is 192 g/mol.